The molecule has 3 aromatic heterocycles. The molecule has 0 saturated heterocycles. The number of nitrogens with zero attached hydrogens (tertiary/aromatic N) is 4. The number of amides is 1. The number of benzene rings is 1. The molecule has 9 heteroatoms. The van der Waals surface area contributed by atoms with Crippen LogP contribution in [-0.4, -0.2) is 32.8 Å². The van der Waals surface area contributed by atoms with Gasteiger partial charge in [-0.25, -0.2) is 19.0 Å². The van der Waals surface area contributed by atoms with Crippen molar-refractivity contribution in [1.29, 1.82) is 0 Å². The number of hydrogen-bond acceptors (Lipinski definition) is 6. The van der Waals surface area contributed by atoms with Crippen LogP contribution in [-0.2, 0) is 6.42 Å². The molecule has 1 N–H and O–H groups in total. The molecule has 1 aromatic carbocycles. The second-order valence-corrected chi connectivity index (χ2v) is 7.16. The van der Waals surface area contributed by atoms with Gasteiger partial charge < -0.3 is 4.74 Å². The molecule has 0 bridgehead atoms. The first-order valence-electron chi connectivity index (χ1n) is 9.19. The Kier molecular flexibility index (Phi) is 5.53. The lowest BCUT2D eigenvalue weighted by Crippen LogP contribution is -2.14. The number of aromatic nitrogens is 4. The molecule has 4 rings (SSSR count). The Morgan fingerprint density at radius 2 is 2.17 bits per heavy atom. The molecule has 0 atom stereocenters. The Morgan fingerprint density at radius 3 is 2.87 bits per heavy atom. The van der Waals surface area contributed by atoms with Gasteiger partial charge in [0.1, 0.15) is 0 Å². The van der Waals surface area contributed by atoms with Gasteiger partial charge in [-0.3, -0.25) is 10.1 Å². The molecule has 152 valence electrons. The molecular weight excluding hydrogens is 405 g/mol. The summed E-state index contributed by atoms with van der Waals surface area (Å²) in [7, 11) is 1.41. The van der Waals surface area contributed by atoms with Crippen LogP contribution in [0.5, 0.6) is 5.75 Å². The number of ether oxygens (including phenoxy) is 1. The highest BCUT2D eigenvalue weighted by Gasteiger charge is 2.19. The summed E-state index contributed by atoms with van der Waals surface area (Å²) in [5.41, 5.74) is 2.37. The fourth-order valence-electron chi connectivity index (χ4n) is 3.03. The third-order valence-electron chi connectivity index (χ3n) is 4.49. The van der Waals surface area contributed by atoms with Crippen LogP contribution in [0.25, 0.3) is 17.1 Å². The summed E-state index contributed by atoms with van der Waals surface area (Å²) >= 11 is 1.26. The number of rotatable bonds is 6. The number of methoxy groups -OCH3 is 1. The molecule has 0 spiro atoms. The summed E-state index contributed by atoms with van der Waals surface area (Å²) in [5, 5.41) is 9.30. The zero-order valence-electron chi connectivity index (χ0n) is 16.3. The summed E-state index contributed by atoms with van der Waals surface area (Å²) in [6, 6.07) is 10.1. The lowest BCUT2D eigenvalue weighted by molar-refractivity contribution is 0.102. The van der Waals surface area contributed by atoms with Crippen LogP contribution < -0.4 is 10.1 Å². The maximum atomic E-state index is 14.0. The number of thiazole rings is 1. The Hall–Kier alpha value is -3.59. The van der Waals surface area contributed by atoms with E-state index in [9.17, 15) is 9.18 Å². The normalized spacial score (nSPS) is 10.8. The average Bonchev–Trinajstić information content (AvgIpc) is 3.41. The van der Waals surface area contributed by atoms with Crippen LogP contribution in [0.2, 0.25) is 0 Å². The fraction of sp³-hybridized carbons (Fsp3) is 0.143. The van der Waals surface area contributed by atoms with Crippen LogP contribution in [0.15, 0.2) is 54.2 Å². The number of halogens is 1. The first kappa shape index (κ1) is 19.7. The van der Waals surface area contributed by atoms with Crippen molar-refractivity contribution in [3.05, 3.63) is 71.2 Å². The zero-order chi connectivity index (χ0) is 21.1. The molecular formula is C21H18FN5O2S. The maximum Gasteiger partial charge on any atom is 0.260 e. The van der Waals surface area contributed by atoms with Gasteiger partial charge in [0.15, 0.2) is 22.5 Å². The molecule has 0 unspecified atom stereocenters. The number of anilines is 1. The van der Waals surface area contributed by atoms with E-state index in [0.29, 0.717) is 34.2 Å². The molecule has 0 fully saturated rings. The highest BCUT2D eigenvalue weighted by Crippen LogP contribution is 2.29. The minimum absolute atomic E-state index is 0.166. The summed E-state index contributed by atoms with van der Waals surface area (Å²) < 4.78 is 20.6. The van der Waals surface area contributed by atoms with Crippen LogP contribution in [0.1, 0.15) is 23.0 Å². The molecule has 30 heavy (non-hydrogen) atoms. The number of nitrogens with one attached hydrogen (secondary N) is 1. The van der Waals surface area contributed by atoms with Crippen molar-refractivity contribution < 1.29 is 13.9 Å². The van der Waals surface area contributed by atoms with Gasteiger partial charge in [0, 0.05) is 17.1 Å². The third kappa shape index (κ3) is 3.79. The Balaban J connectivity index is 1.56. The van der Waals surface area contributed by atoms with E-state index in [1.165, 1.54) is 30.7 Å². The van der Waals surface area contributed by atoms with Crippen molar-refractivity contribution in [1.82, 2.24) is 19.7 Å². The smallest absolute Gasteiger partial charge is 0.260 e. The summed E-state index contributed by atoms with van der Waals surface area (Å²) in [6.07, 6.45) is 3.80. The number of pyridine rings is 1. The second-order valence-electron chi connectivity index (χ2n) is 6.30. The zero-order valence-corrected chi connectivity index (χ0v) is 17.1. The summed E-state index contributed by atoms with van der Waals surface area (Å²) in [6.45, 7) is 1.95. The lowest BCUT2D eigenvalue weighted by Gasteiger charge is -2.06. The fourth-order valence-corrected chi connectivity index (χ4v) is 3.75. The monoisotopic (exact) mass is 423 g/mol. The van der Waals surface area contributed by atoms with Crippen molar-refractivity contribution in [2.75, 3.05) is 12.4 Å². The van der Waals surface area contributed by atoms with Gasteiger partial charge >= 0.3 is 0 Å². The van der Waals surface area contributed by atoms with Crippen molar-refractivity contribution in [2.45, 2.75) is 13.3 Å². The van der Waals surface area contributed by atoms with E-state index in [1.54, 1.807) is 28.4 Å². The minimum atomic E-state index is -0.469. The molecule has 0 aliphatic heterocycles. The number of carbonyl (C=O) groups excluding carboxylic acids is 1. The Labute approximate surface area is 176 Å². The first-order chi connectivity index (χ1) is 14.6. The highest BCUT2D eigenvalue weighted by molar-refractivity contribution is 7.14. The van der Waals surface area contributed by atoms with Gasteiger partial charge in [-0.15, -0.1) is 11.3 Å². The molecule has 3 heterocycles. The van der Waals surface area contributed by atoms with E-state index >= 15 is 0 Å². The summed E-state index contributed by atoms with van der Waals surface area (Å²) in [5.74, 6) is 0.0323. The van der Waals surface area contributed by atoms with Crippen LogP contribution >= 0.6 is 11.3 Å². The topological polar surface area (TPSA) is 81.9 Å². The molecule has 4 aromatic rings. The molecule has 0 aliphatic rings. The largest absolute Gasteiger partial charge is 0.494 e. The minimum Gasteiger partial charge on any atom is -0.494 e. The van der Waals surface area contributed by atoms with E-state index < -0.39 is 5.82 Å². The van der Waals surface area contributed by atoms with Crippen molar-refractivity contribution in [3.63, 3.8) is 0 Å². The quantitative estimate of drug-likeness (QED) is 0.499. The Morgan fingerprint density at radius 1 is 1.30 bits per heavy atom. The van der Waals surface area contributed by atoms with E-state index in [4.69, 9.17) is 4.74 Å². The predicted octanol–water partition coefficient (Wildman–Crippen LogP) is 4.35. The van der Waals surface area contributed by atoms with Crippen LogP contribution in [0, 0.1) is 5.82 Å². The van der Waals surface area contributed by atoms with Crippen molar-refractivity contribution in [2.24, 2.45) is 0 Å². The van der Waals surface area contributed by atoms with E-state index in [0.717, 1.165) is 5.69 Å². The lowest BCUT2D eigenvalue weighted by atomic mass is 10.1. The molecule has 0 saturated carbocycles. The maximum absolute atomic E-state index is 14.0. The Bertz CT molecular complexity index is 1190. The highest BCUT2D eigenvalue weighted by atomic mass is 32.1. The van der Waals surface area contributed by atoms with Gasteiger partial charge in [0.05, 0.1) is 30.3 Å². The van der Waals surface area contributed by atoms with Crippen LogP contribution in [0.4, 0.5) is 9.52 Å². The predicted molar refractivity (Wildman–Crippen MR) is 113 cm³/mol. The molecule has 1 amide bonds. The second kappa shape index (κ2) is 8.42. The van der Waals surface area contributed by atoms with Crippen molar-refractivity contribution >= 4 is 22.4 Å². The number of hydrogen-bond donors (Lipinski definition) is 1. The van der Waals surface area contributed by atoms with Gasteiger partial charge in [0.25, 0.3) is 5.91 Å². The molecule has 0 radical (unpaired) electrons. The standard InChI is InChI=1S/C21H18FN5O2S/c1-3-17-14(11-24-27(17)19-6-4-5-9-23-19)20(28)26-21-25-16(12-30-21)13-7-8-18(29-2)15(22)10-13/h4-12H,3H2,1-2H3,(H,25,26,28). The van der Waals surface area contributed by atoms with E-state index in [2.05, 4.69) is 20.4 Å². The van der Waals surface area contributed by atoms with Crippen molar-refractivity contribution in [3.8, 4) is 22.8 Å². The van der Waals surface area contributed by atoms with Gasteiger partial charge in [-0.2, -0.15) is 5.10 Å². The first-order valence-corrected chi connectivity index (χ1v) is 10.1. The van der Waals surface area contributed by atoms with Gasteiger partial charge in [0.2, 0.25) is 0 Å². The molecule has 7 nitrogen and oxygen atoms in total. The summed E-state index contributed by atoms with van der Waals surface area (Å²) in [4.78, 5) is 21.5. The van der Waals surface area contributed by atoms with Crippen LogP contribution in [0.3, 0.4) is 0 Å². The number of carbonyl (C=O) groups is 1. The third-order valence-corrected chi connectivity index (χ3v) is 5.24. The SMILES string of the molecule is CCc1c(C(=O)Nc2nc(-c3ccc(OC)c(F)c3)cs2)cnn1-c1ccccn1. The van der Waals surface area contributed by atoms with E-state index in [-0.39, 0.29) is 11.7 Å². The van der Waals surface area contributed by atoms with Gasteiger partial charge in [-0.05, 0) is 36.8 Å². The average molecular weight is 423 g/mol. The molecule has 0 aliphatic carbocycles. The van der Waals surface area contributed by atoms with E-state index in [1.807, 2.05) is 25.1 Å². The van der Waals surface area contributed by atoms with Gasteiger partial charge in [-0.1, -0.05) is 13.0 Å².